The Morgan fingerprint density at radius 3 is 2.05 bits per heavy atom. The zero-order chi connectivity index (χ0) is 16.0. The van der Waals surface area contributed by atoms with Crippen LogP contribution in [0.2, 0.25) is 0 Å². The largest absolute Gasteiger partial charge is 0.507 e. The molecule has 0 fully saturated rings. The average molecular weight is 306 g/mol. The van der Waals surface area contributed by atoms with Crippen LogP contribution in [-0.2, 0) is 4.74 Å². The minimum atomic E-state index is -0.436. The molecule has 0 aliphatic rings. The molecule has 0 aliphatic heterocycles. The van der Waals surface area contributed by atoms with Crippen molar-refractivity contribution in [1.82, 2.24) is 0 Å². The summed E-state index contributed by atoms with van der Waals surface area (Å²) in [5, 5.41) is 9.56. The molecule has 3 nitrogen and oxygen atoms in total. The van der Waals surface area contributed by atoms with Gasteiger partial charge in [0.2, 0.25) is 0 Å². The Bertz CT molecular complexity index is 415. The third-order valence-electron chi connectivity index (χ3n) is 3.86. The van der Waals surface area contributed by atoms with E-state index in [0.717, 1.165) is 12.8 Å². The van der Waals surface area contributed by atoms with Crippen LogP contribution in [0.1, 0.15) is 81.5 Å². The molecule has 3 heteroatoms. The number of phenols is 1. The van der Waals surface area contributed by atoms with E-state index in [9.17, 15) is 9.90 Å². The fourth-order valence-electron chi connectivity index (χ4n) is 2.48. The molecule has 1 rings (SSSR count). The summed E-state index contributed by atoms with van der Waals surface area (Å²) in [5.74, 6) is -0.454. The van der Waals surface area contributed by atoms with Gasteiger partial charge >= 0.3 is 5.97 Å². The van der Waals surface area contributed by atoms with Crippen molar-refractivity contribution in [2.75, 3.05) is 6.61 Å². The zero-order valence-corrected chi connectivity index (χ0v) is 13.9. The number of unbranched alkanes of at least 4 members (excludes halogenated alkanes) is 9. The first-order valence-corrected chi connectivity index (χ1v) is 8.70. The van der Waals surface area contributed by atoms with E-state index >= 15 is 0 Å². The molecule has 0 aromatic heterocycles. The Hall–Kier alpha value is -1.51. The first kappa shape index (κ1) is 18.5. The van der Waals surface area contributed by atoms with Gasteiger partial charge in [0, 0.05) is 0 Å². The quantitative estimate of drug-likeness (QED) is 0.411. The van der Waals surface area contributed by atoms with Crippen LogP contribution in [0.25, 0.3) is 0 Å². The van der Waals surface area contributed by atoms with Crippen molar-refractivity contribution in [3.05, 3.63) is 29.8 Å². The van der Waals surface area contributed by atoms with Crippen LogP contribution in [0.3, 0.4) is 0 Å². The highest BCUT2D eigenvalue weighted by Gasteiger charge is 2.10. The fourth-order valence-corrected chi connectivity index (χ4v) is 2.48. The van der Waals surface area contributed by atoms with E-state index in [-0.39, 0.29) is 11.3 Å². The predicted molar refractivity (Wildman–Crippen MR) is 90.2 cm³/mol. The summed E-state index contributed by atoms with van der Waals surface area (Å²) in [7, 11) is 0. The van der Waals surface area contributed by atoms with Crippen LogP contribution in [-0.4, -0.2) is 17.7 Å². The van der Waals surface area contributed by atoms with E-state index in [1.807, 2.05) is 0 Å². The SMILES string of the molecule is CCCCCCCCCCCCOC(=O)c1ccccc1O. The summed E-state index contributed by atoms with van der Waals surface area (Å²) >= 11 is 0. The molecular formula is C19H30O3. The predicted octanol–water partition coefficient (Wildman–Crippen LogP) is 5.47. The van der Waals surface area contributed by atoms with Gasteiger partial charge in [-0.3, -0.25) is 0 Å². The van der Waals surface area contributed by atoms with Crippen LogP contribution in [0.5, 0.6) is 5.75 Å². The lowest BCUT2D eigenvalue weighted by Gasteiger charge is -2.06. The molecule has 0 amide bonds. The molecule has 0 unspecified atom stereocenters. The Morgan fingerprint density at radius 2 is 1.45 bits per heavy atom. The molecule has 0 bridgehead atoms. The van der Waals surface area contributed by atoms with Gasteiger partial charge in [0.05, 0.1) is 6.61 Å². The van der Waals surface area contributed by atoms with Crippen molar-refractivity contribution < 1.29 is 14.6 Å². The molecule has 124 valence electrons. The molecule has 1 aromatic rings. The molecule has 0 saturated heterocycles. The van der Waals surface area contributed by atoms with Gasteiger partial charge < -0.3 is 9.84 Å². The monoisotopic (exact) mass is 306 g/mol. The molecule has 0 saturated carbocycles. The number of ether oxygens (including phenoxy) is 1. The van der Waals surface area contributed by atoms with Crippen molar-refractivity contribution in [3.8, 4) is 5.75 Å². The maximum absolute atomic E-state index is 11.7. The minimum Gasteiger partial charge on any atom is -0.507 e. The number of rotatable bonds is 12. The number of benzene rings is 1. The van der Waals surface area contributed by atoms with Gasteiger partial charge in [-0.2, -0.15) is 0 Å². The summed E-state index contributed by atoms with van der Waals surface area (Å²) in [4.78, 5) is 11.7. The van der Waals surface area contributed by atoms with E-state index in [1.165, 1.54) is 57.4 Å². The summed E-state index contributed by atoms with van der Waals surface area (Å²) in [5.41, 5.74) is 0.245. The standard InChI is InChI=1S/C19H30O3/c1-2-3-4-5-6-7-8-9-10-13-16-22-19(21)17-14-11-12-15-18(17)20/h11-12,14-15,20H,2-10,13,16H2,1H3. The lowest BCUT2D eigenvalue weighted by molar-refractivity contribution is 0.0494. The number of para-hydroxylation sites is 1. The molecule has 0 spiro atoms. The van der Waals surface area contributed by atoms with Gasteiger partial charge in [-0.1, -0.05) is 76.8 Å². The molecular weight excluding hydrogens is 276 g/mol. The Morgan fingerprint density at radius 1 is 0.909 bits per heavy atom. The van der Waals surface area contributed by atoms with Gasteiger partial charge in [-0.15, -0.1) is 0 Å². The number of aromatic hydroxyl groups is 1. The van der Waals surface area contributed by atoms with Crippen LogP contribution >= 0.6 is 0 Å². The second-order valence-electron chi connectivity index (χ2n) is 5.84. The second kappa shape index (κ2) is 12.1. The number of esters is 1. The smallest absolute Gasteiger partial charge is 0.341 e. The van der Waals surface area contributed by atoms with E-state index in [0.29, 0.717) is 6.61 Å². The van der Waals surface area contributed by atoms with Crippen LogP contribution in [0.15, 0.2) is 24.3 Å². The second-order valence-corrected chi connectivity index (χ2v) is 5.84. The average Bonchev–Trinajstić information content (AvgIpc) is 2.53. The van der Waals surface area contributed by atoms with Crippen LogP contribution in [0, 0.1) is 0 Å². The van der Waals surface area contributed by atoms with Gasteiger partial charge in [0.25, 0.3) is 0 Å². The number of hydrogen-bond donors (Lipinski definition) is 1. The number of carbonyl (C=O) groups excluding carboxylic acids is 1. The zero-order valence-electron chi connectivity index (χ0n) is 13.9. The highest BCUT2D eigenvalue weighted by atomic mass is 16.5. The summed E-state index contributed by atoms with van der Waals surface area (Å²) in [6.07, 6.45) is 12.6. The number of hydrogen-bond acceptors (Lipinski definition) is 3. The van der Waals surface area contributed by atoms with Crippen molar-refractivity contribution in [3.63, 3.8) is 0 Å². The van der Waals surface area contributed by atoms with Crippen molar-refractivity contribution in [2.24, 2.45) is 0 Å². The highest BCUT2D eigenvalue weighted by Crippen LogP contribution is 2.17. The topological polar surface area (TPSA) is 46.5 Å². The molecule has 1 N–H and O–H groups in total. The number of carbonyl (C=O) groups is 1. The van der Waals surface area contributed by atoms with Crippen LogP contribution in [0.4, 0.5) is 0 Å². The van der Waals surface area contributed by atoms with Crippen molar-refractivity contribution in [2.45, 2.75) is 71.1 Å². The molecule has 1 aromatic carbocycles. The van der Waals surface area contributed by atoms with Gasteiger partial charge in [0.15, 0.2) is 0 Å². The lowest BCUT2D eigenvalue weighted by Crippen LogP contribution is -2.06. The third kappa shape index (κ3) is 8.06. The van der Waals surface area contributed by atoms with Gasteiger partial charge in [-0.05, 0) is 18.6 Å². The number of phenolic OH excluding ortho intramolecular Hbond substituents is 1. The fraction of sp³-hybridized carbons (Fsp3) is 0.632. The highest BCUT2D eigenvalue weighted by molar-refractivity contribution is 5.92. The van der Waals surface area contributed by atoms with E-state index < -0.39 is 5.97 Å². The summed E-state index contributed by atoms with van der Waals surface area (Å²) < 4.78 is 5.18. The van der Waals surface area contributed by atoms with E-state index in [4.69, 9.17) is 4.74 Å². The minimum absolute atomic E-state index is 0.0180. The third-order valence-corrected chi connectivity index (χ3v) is 3.86. The van der Waals surface area contributed by atoms with Gasteiger partial charge in [0.1, 0.15) is 11.3 Å². The summed E-state index contributed by atoms with van der Waals surface area (Å²) in [6.45, 7) is 2.68. The Kier molecular flexibility index (Phi) is 10.2. The normalized spacial score (nSPS) is 10.6. The Labute approximate surface area is 134 Å². The maximum Gasteiger partial charge on any atom is 0.341 e. The molecule has 22 heavy (non-hydrogen) atoms. The Balaban J connectivity index is 1.95. The first-order chi connectivity index (χ1) is 10.8. The van der Waals surface area contributed by atoms with Crippen molar-refractivity contribution in [1.29, 1.82) is 0 Å². The molecule has 0 heterocycles. The van der Waals surface area contributed by atoms with Gasteiger partial charge in [-0.25, -0.2) is 4.79 Å². The van der Waals surface area contributed by atoms with Crippen LogP contribution < -0.4 is 0 Å². The van der Waals surface area contributed by atoms with Crippen molar-refractivity contribution >= 4 is 5.97 Å². The maximum atomic E-state index is 11.7. The molecule has 0 radical (unpaired) electrons. The molecule has 0 aliphatic carbocycles. The van der Waals surface area contributed by atoms with E-state index in [1.54, 1.807) is 18.2 Å². The first-order valence-electron chi connectivity index (χ1n) is 8.70. The molecule has 0 atom stereocenters. The summed E-state index contributed by atoms with van der Waals surface area (Å²) in [6, 6.07) is 6.48. The lowest BCUT2D eigenvalue weighted by atomic mass is 10.1. The van der Waals surface area contributed by atoms with E-state index in [2.05, 4.69) is 6.92 Å².